The number of nitrogens with two attached hydrogens (primary N) is 2. The minimum atomic E-state index is -1.20. The van der Waals surface area contributed by atoms with E-state index in [2.05, 4.69) is 36.1 Å². The van der Waals surface area contributed by atoms with Crippen molar-refractivity contribution in [3.63, 3.8) is 0 Å². The molecule has 0 fully saturated rings. The van der Waals surface area contributed by atoms with Gasteiger partial charge in [0.1, 0.15) is 0 Å². The fraction of sp³-hybridized carbons (Fsp3) is 0.647. The maximum Gasteiger partial charge on any atom is 0.451 e. The molecule has 1 aromatic carbocycles. The van der Waals surface area contributed by atoms with Gasteiger partial charge in [0, 0.05) is 31.7 Å². The van der Waals surface area contributed by atoms with Gasteiger partial charge in [0.2, 0.25) is 0 Å². The van der Waals surface area contributed by atoms with Crippen molar-refractivity contribution in [2.45, 2.75) is 51.0 Å². The summed E-state index contributed by atoms with van der Waals surface area (Å²) in [7, 11) is -1.20. The SMILES string of the molecule is CC(N)(CCCCB(O)O)CCN(CCN)Cc1ccccc1. The Kier molecular flexibility index (Phi) is 9.44. The third kappa shape index (κ3) is 9.74. The van der Waals surface area contributed by atoms with Crippen molar-refractivity contribution in [3.8, 4) is 0 Å². The van der Waals surface area contributed by atoms with Gasteiger partial charge in [-0.2, -0.15) is 0 Å². The zero-order chi connectivity index (χ0) is 17.1. The highest BCUT2D eigenvalue weighted by Crippen LogP contribution is 2.17. The van der Waals surface area contributed by atoms with E-state index >= 15 is 0 Å². The van der Waals surface area contributed by atoms with E-state index in [-0.39, 0.29) is 5.54 Å². The predicted molar refractivity (Wildman–Crippen MR) is 96.8 cm³/mol. The summed E-state index contributed by atoms with van der Waals surface area (Å²) in [5.41, 5.74) is 13.2. The number of rotatable bonds is 12. The van der Waals surface area contributed by atoms with E-state index in [1.165, 1.54) is 5.56 Å². The minimum Gasteiger partial charge on any atom is -0.427 e. The third-order valence-electron chi connectivity index (χ3n) is 4.15. The number of hydrogen-bond acceptors (Lipinski definition) is 5. The molecule has 6 heteroatoms. The smallest absolute Gasteiger partial charge is 0.427 e. The lowest BCUT2D eigenvalue weighted by atomic mass is 9.82. The molecule has 0 aliphatic rings. The first kappa shape index (κ1) is 20.1. The van der Waals surface area contributed by atoms with Crippen LogP contribution in [0.4, 0.5) is 0 Å². The topological polar surface area (TPSA) is 95.7 Å². The molecule has 130 valence electrons. The maximum absolute atomic E-state index is 8.86. The maximum atomic E-state index is 8.86. The molecule has 0 aromatic heterocycles. The molecular formula is C17H32BN3O2. The lowest BCUT2D eigenvalue weighted by Crippen LogP contribution is -2.41. The molecule has 1 atom stereocenters. The van der Waals surface area contributed by atoms with Crippen molar-refractivity contribution in [1.29, 1.82) is 0 Å². The van der Waals surface area contributed by atoms with E-state index in [4.69, 9.17) is 21.5 Å². The van der Waals surface area contributed by atoms with Gasteiger partial charge >= 0.3 is 7.12 Å². The molecule has 0 aliphatic carbocycles. The first-order chi connectivity index (χ1) is 10.9. The van der Waals surface area contributed by atoms with Gasteiger partial charge in [-0.1, -0.05) is 43.2 Å². The average Bonchev–Trinajstić information content (AvgIpc) is 2.50. The minimum absolute atomic E-state index is 0.232. The van der Waals surface area contributed by atoms with Crippen LogP contribution in [0.3, 0.4) is 0 Å². The van der Waals surface area contributed by atoms with Crippen molar-refractivity contribution in [1.82, 2.24) is 4.90 Å². The number of benzene rings is 1. The largest absolute Gasteiger partial charge is 0.451 e. The molecule has 0 aliphatic heterocycles. The molecule has 0 heterocycles. The average molecular weight is 321 g/mol. The molecule has 0 spiro atoms. The summed E-state index contributed by atoms with van der Waals surface area (Å²) in [6.45, 7) is 5.39. The second-order valence-corrected chi connectivity index (χ2v) is 6.68. The lowest BCUT2D eigenvalue weighted by Gasteiger charge is -2.29. The van der Waals surface area contributed by atoms with E-state index in [0.717, 1.165) is 45.3 Å². The van der Waals surface area contributed by atoms with Crippen LogP contribution in [-0.2, 0) is 6.54 Å². The Hall–Kier alpha value is -0.915. The van der Waals surface area contributed by atoms with Crippen LogP contribution in [-0.4, -0.2) is 47.2 Å². The summed E-state index contributed by atoms with van der Waals surface area (Å²) < 4.78 is 0. The van der Waals surface area contributed by atoms with E-state index in [1.54, 1.807) is 0 Å². The Labute approximate surface area is 140 Å². The van der Waals surface area contributed by atoms with E-state index in [9.17, 15) is 0 Å². The number of unbranched alkanes of at least 4 members (excludes halogenated alkanes) is 1. The Morgan fingerprint density at radius 3 is 2.39 bits per heavy atom. The molecular weight excluding hydrogens is 289 g/mol. The van der Waals surface area contributed by atoms with E-state index in [1.807, 2.05) is 6.07 Å². The highest BCUT2D eigenvalue weighted by Gasteiger charge is 2.20. The summed E-state index contributed by atoms with van der Waals surface area (Å²) >= 11 is 0. The van der Waals surface area contributed by atoms with E-state index in [0.29, 0.717) is 12.9 Å². The highest BCUT2D eigenvalue weighted by molar-refractivity contribution is 6.40. The standard InChI is InChI=1S/C17H32BN3O2/c1-17(20,9-5-6-11-18(22)23)10-13-21(14-12-19)15-16-7-3-2-4-8-16/h2-4,7-8,22-23H,5-6,9-15,19-20H2,1H3. The van der Waals surface area contributed by atoms with Crippen LogP contribution in [0.25, 0.3) is 0 Å². The summed E-state index contributed by atoms with van der Waals surface area (Å²) in [4.78, 5) is 2.35. The van der Waals surface area contributed by atoms with Crippen LogP contribution in [0.2, 0.25) is 6.32 Å². The fourth-order valence-corrected chi connectivity index (χ4v) is 2.69. The van der Waals surface area contributed by atoms with Crippen LogP contribution in [0.15, 0.2) is 30.3 Å². The van der Waals surface area contributed by atoms with Crippen molar-refractivity contribution in [2.75, 3.05) is 19.6 Å². The monoisotopic (exact) mass is 321 g/mol. The Balaban J connectivity index is 2.37. The van der Waals surface area contributed by atoms with Gasteiger partial charge in [-0.05, 0) is 31.6 Å². The molecule has 0 radical (unpaired) electrons. The van der Waals surface area contributed by atoms with Gasteiger partial charge in [0.25, 0.3) is 0 Å². The second kappa shape index (κ2) is 10.8. The first-order valence-electron chi connectivity index (χ1n) is 8.54. The normalized spacial score (nSPS) is 14.0. The molecule has 6 N–H and O–H groups in total. The predicted octanol–water partition coefficient (Wildman–Crippen LogP) is 1.20. The Bertz CT molecular complexity index is 416. The van der Waals surface area contributed by atoms with Crippen LogP contribution in [0.5, 0.6) is 0 Å². The Morgan fingerprint density at radius 2 is 1.78 bits per heavy atom. The summed E-state index contributed by atoms with van der Waals surface area (Å²) in [5.74, 6) is 0. The third-order valence-corrected chi connectivity index (χ3v) is 4.15. The van der Waals surface area contributed by atoms with Gasteiger partial charge in [0.05, 0.1) is 0 Å². The van der Waals surface area contributed by atoms with Crippen LogP contribution >= 0.6 is 0 Å². The second-order valence-electron chi connectivity index (χ2n) is 6.68. The molecule has 1 unspecified atom stereocenters. The van der Waals surface area contributed by atoms with Crippen LogP contribution < -0.4 is 11.5 Å². The number of nitrogens with zero attached hydrogens (tertiary/aromatic N) is 1. The zero-order valence-corrected chi connectivity index (χ0v) is 14.3. The molecule has 1 rings (SSSR count). The van der Waals surface area contributed by atoms with Crippen molar-refractivity contribution in [2.24, 2.45) is 11.5 Å². The summed E-state index contributed by atoms with van der Waals surface area (Å²) in [6.07, 6.45) is 3.92. The van der Waals surface area contributed by atoms with Gasteiger partial charge < -0.3 is 21.5 Å². The van der Waals surface area contributed by atoms with Gasteiger partial charge in [-0.25, -0.2) is 0 Å². The first-order valence-corrected chi connectivity index (χ1v) is 8.54. The molecule has 0 bridgehead atoms. The Morgan fingerprint density at radius 1 is 1.09 bits per heavy atom. The van der Waals surface area contributed by atoms with E-state index < -0.39 is 7.12 Å². The molecule has 1 aromatic rings. The fourth-order valence-electron chi connectivity index (χ4n) is 2.69. The summed E-state index contributed by atoms with van der Waals surface area (Å²) in [6, 6.07) is 10.4. The quantitative estimate of drug-likeness (QED) is 0.343. The zero-order valence-electron chi connectivity index (χ0n) is 14.3. The summed E-state index contributed by atoms with van der Waals surface area (Å²) in [5, 5.41) is 17.7. The van der Waals surface area contributed by atoms with Crippen molar-refractivity contribution < 1.29 is 10.0 Å². The molecule has 0 saturated heterocycles. The van der Waals surface area contributed by atoms with Crippen LogP contribution in [0, 0.1) is 0 Å². The highest BCUT2D eigenvalue weighted by atomic mass is 16.4. The molecule has 23 heavy (non-hydrogen) atoms. The van der Waals surface area contributed by atoms with Crippen LogP contribution in [0.1, 0.15) is 38.2 Å². The molecule has 0 amide bonds. The molecule has 5 nitrogen and oxygen atoms in total. The van der Waals surface area contributed by atoms with Crippen molar-refractivity contribution in [3.05, 3.63) is 35.9 Å². The lowest BCUT2D eigenvalue weighted by molar-refractivity contribution is 0.235. The molecule has 0 saturated carbocycles. The number of hydrogen-bond donors (Lipinski definition) is 4. The van der Waals surface area contributed by atoms with Gasteiger partial charge in [0.15, 0.2) is 0 Å². The van der Waals surface area contributed by atoms with Gasteiger partial charge in [-0.15, -0.1) is 0 Å². The van der Waals surface area contributed by atoms with Gasteiger partial charge in [-0.3, -0.25) is 4.90 Å². The van der Waals surface area contributed by atoms with Crippen molar-refractivity contribution >= 4 is 7.12 Å².